The van der Waals surface area contributed by atoms with E-state index in [0.29, 0.717) is 13.1 Å². The second kappa shape index (κ2) is 5.85. The number of hydrogen-bond acceptors (Lipinski definition) is 3. The summed E-state index contributed by atoms with van der Waals surface area (Å²) >= 11 is 1.71. The van der Waals surface area contributed by atoms with E-state index in [-0.39, 0.29) is 0 Å². The molecular formula is C20H20N2O2S. The first-order valence-corrected chi connectivity index (χ1v) is 9.47. The van der Waals surface area contributed by atoms with Crippen molar-refractivity contribution in [2.24, 2.45) is 5.41 Å². The summed E-state index contributed by atoms with van der Waals surface area (Å²) in [6.45, 7) is 2.88. The van der Waals surface area contributed by atoms with Gasteiger partial charge in [0, 0.05) is 45.8 Å². The lowest BCUT2D eigenvalue weighted by Gasteiger charge is -2.47. The Morgan fingerprint density at radius 1 is 1.20 bits per heavy atom. The minimum absolute atomic E-state index is 0.536. The summed E-state index contributed by atoms with van der Waals surface area (Å²) < 4.78 is 0. The van der Waals surface area contributed by atoms with Crippen LogP contribution in [0.2, 0.25) is 0 Å². The lowest BCUT2D eigenvalue weighted by atomic mass is 9.81. The molecule has 1 aliphatic rings. The first-order valence-electron chi connectivity index (χ1n) is 8.25. The van der Waals surface area contributed by atoms with Gasteiger partial charge in [0.05, 0.1) is 5.41 Å². The number of rotatable bonds is 4. The van der Waals surface area contributed by atoms with E-state index in [9.17, 15) is 9.90 Å². The molecule has 0 unspecified atom stereocenters. The van der Waals surface area contributed by atoms with Gasteiger partial charge in [-0.2, -0.15) is 0 Å². The zero-order valence-corrected chi connectivity index (χ0v) is 15.1. The normalized spacial score (nSPS) is 16.0. The minimum atomic E-state index is -0.725. The van der Waals surface area contributed by atoms with Crippen molar-refractivity contribution in [2.45, 2.75) is 11.8 Å². The van der Waals surface area contributed by atoms with E-state index in [1.54, 1.807) is 11.8 Å². The first-order chi connectivity index (χ1) is 12.0. The molecule has 1 aliphatic heterocycles. The van der Waals surface area contributed by atoms with Crippen LogP contribution in [0.1, 0.15) is 6.92 Å². The zero-order valence-electron chi connectivity index (χ0n) is 14.2. The number of thioether (sulfide) groups is 1. The molecule has 2 N–H and O–H groups in total. The summed E-state index contributed by atoms with van der Waals surface area (Å²) in [5.74, 6) is -0.725. The molecule has 128 valence electrons. The lowest BCUT2D eigenvalue weighted by Crippen LogP contribution is -2.59. The van der Waals surface area contributed by atoms with Gasteiger partial charge in [-0.05, 0) is 43.5 Å². The molecule has 5 heteroatoms. The summed E-state index contributed by atoms with van der Waals surface area (Å²) in [4.78, 5) is 18.3. The molecule has 0 saturated carbocycles. The van der Waals surface area contributed by atoms with Gasteiger partial charge < -0.3 is 15.0 Å². The topological polar surface area (TPSA) is 56.3 Å². The van der Waals surface area contributed by atoms with Gasteiger partial charge >= 0.3 is 5.97 Å². The predicted octanol–water partition coefficient (Wildman–Crippen LogP) is 4.47. The summed E-state index contributed by atoms with van der Waals surface area (Å²) in [7, 11) is 0. The van der Waals surface area contributed by atoms with Crippen LogP contribution in [0.4, 0.5) is 5.69 Å². The van der Waals surface area contributed by atoms with Gasteiger partial charge in [-0.1, -0.05) is 18.2 Å². The number of carboxylic acids is 1. The van der Waals surface area contributed by atoms with Gasteiger partial charge in [0.25, 0.3) is 0 Å². The smallest absolute Gasteiger partial charge is 0.312 e. The fourth-order valence-corrected chi connectivity index (χ4v) is 3.89. The average molecular weight is 352 g/mol. The lowest BCUT2D eigenvalue weighted by molar-refractivity contribution is -0.149. The number of benzene rings is 2. The maximum absolute atomic E-state index is 11.4. The molecule has 3 aromatic rings. The molecule has 4 rings (SSSR count). The number of anilines is 1. The molecule has 0 atom stereocenters. The van der Waals surface area contributed by atoms with Gasteiger partial charge in [-0.15, -0.1) is 11.8 Å². The molecule has 2 heterocycles. The average Bonchev–Trinajstić information content (AvgIpc) is 3.02. The second-order valence-corrected chi connectivity index (χ2v) is 7.75. The monoisotopic (exact) mass is 352 g/mol. The van der Waals surface area contributed by atoms with Crippen LogP contribution in [0.15, 0.2) is 53.4 Å². The molecule has 0 amide bonds. The Hall–Kier alpha value is -2.40. The Balaban J connectivity index is 1.77. The Labute approximate surface area is 150 Å². The standard InChI is InChI=1S/C20H20N2O2S/c1-20(19(23)24)11-22(12-20)18-8-7-14(25-2)10-15(18)17-9-13-5-3-4-6-16(13)21-17/h3-10,21H,11-12H2,1-2H3,(H,23,24). The van der Waals surface area contributed by atoms with E-state index < -0.39 is 11.4 Å². The zero-order chi connectivity index (χ0) is 17.6. The number of carbonyl (C=O) groups is 1. The van der Waals surface area contributed by atoms with Crippen molar-refractivity contribution >= 4 is 34.3 Å². The summed E-state index contributed by atoms with van der Waals surface area (Å²) in [5.41, 5.74) is 3.72. The van der Waals surface area contributed by atoms with Crippen molar-refractivity contribution in [3.8, 4) is 11.3 Å². The number of aliphatic carboxylic acids is 1. The van der Waals surface area contributed by atoms with Crippen molar-refractivity contribution in [1.82, 2.24) is 4.98 Å². The number of fused-ring (bicyclic) bond motifs is 1. The summed E-state index contributed by atoms with van der Waals surface area (Å²) in [6.07, 6.45) is 2.06. The molecule has 4 nitrogen and oxygen atoms in total. The predicted molar refractivity (Wildman–Crippen MR) is 103 cm³/mol. The molecule has 0 bridgehead atoms. The van der Waals surface area contributed by atoms with E-state index >= 15 is 0 Å². The third kappa shape index (κ3) is 2.68. The van der Waals surface area contributed by atoms with E-state index in [1.807, 2.05) is 19.1 Å². The van der Waals surface area contributed by atoms with Crippen LogP contribution in [0, 0.1) is 5.41 Å². The molecule has 1 aromatic heterocycles. The minimum Gasteiger partial charge on any atom is -0.481 e. The highest BCUT2D eigenvalue weighted by molar-refractivity contribution is 7.98. The van der Waals surface area contributed by atoms with E-state index in [4.69, 9.17) is 0 Å². The molecule has 25 heavy (non-hydrogen) atoms. The number of aromatic nitrogens is 1. The third-order valence-electron chi connectivity index (χ3n) is 4.96. The maximum Gasteiger partial charge on any atom is 0.312 e. The first kappa shape index (κ1) is 16.1. The molecule has 0 spiro atoms. The van der Waals surface area contributed by atoms with Crippen LogP contribution in [0.3, 0.4) is 0 Å². The summed E-state index contributed by atoms with van der Waals surface area (Å²) in [5, 5.41) is 10.6. The van der Waals surface area contributed by atoms with Crippen molar-refractivity contribution in [2.75, 3.05) is 24.2 Å². The van der Waals surface area contributed by atoms with E-state index in [2.05, 4.69) is 52.5 Å². The van der Waals surface area contributed by atoms with Crippen LogP contribution in [-0.4, -0.2) is 35.4 Å². The van der Waals surface area contributed by atoms with Crippen molar-refractivity contribution in [1.29, 1.82) is 0 Å². The fourth-order valence-electron chi connectivity index (χ4n) is 3.45. The molecule has 2 aromatic carbocycles. The van der Waals surface area contributed by atoms with Crippen LogP contribution >= 0.6 is 11.8 Å². The van der Waals surface area contributed by atoms with Crippen LogP contribution in [-0.2, 0) is 4.79 Å². The Kier molecular flexibility index (Phi) is 3.76. The molecule has 1 saturated heterocycles. The van der Waals surface area contributed by atoms with Gasteiger partial charge in [-0.3, -0.25) is 4.79 Å². The highest BCUT2D eigenvalue weighted by Gasteiger charge is 2.46. The second-order valence-electron chi connectivity index (χ2n) is 6.88. The van der Waals surface area contributed by atoms with Gasteiger partial charge in [0.15, 0.2) is 0 Å². The van der Waals surface area contributed by atoms with Gasteiger partial charge in [0.1, 0.15) is 0 Å². The van der Waals surface area contributed by atoms with Crippen LogP contribution in [0.25, 0.3) is 22.2 Å². The van der Waals surface area contributed by atoms with Crippen molar-refractivity contribution < 1.29 is 9.90 Å². The Morgan fingerprint density at radius 3 is 2.64 bits per heavy atom. The number of nitrogens with one attached hydrogen (secondary N) is 1. The summed E-state index contributed by atoms with van der Waals surface area (Å²) in [6, 6.07) is 16.8. The van der Waals surface area contributed by atoms with Crippen molar-refractivity contribution in [3.63, 3.8) is 0 Å². The van der Waals surface area contributed by atoms with Gasteiger partial charge in [0.2, 0.25) is 0 Å². The largest absolute Gasteiger partial charge is 0.481 e. The van der Waals surface area contributed by atoms with Crippen molar-refractivity contribution in [3.05, 3.63) is 48.5 Å². The highest BCUT2D eigenvalue weighted by atomic mass is 32.2. The number of hydrogen-bond donors (Lipinski definition) is 2. The van der Waals surface area contributed by atoms with Gasteiger partial charge in [-0.25, -0.2) is 0 Å². The Morgan fingerprint density at radius 2 is 1.96 bits per heavy atom. The molecule has 0 radical (unpaired) electrons. The quantitative estimate of drug-likeness (QED) is 0.680. The number of carboxylic acid groups (broad SMARTS) is 1. The highest BCUT2D eigenvalue weighted by Crippen LogP contribution is 2.41. The number of nitrogens with zero attached hydrogens (tertiary/aromatic N) is 1. The number of para-hydroxylation sites is 1. The molecule has 1 fully saturated rings. The Bertz CT molecular complexity index is 924. The molecular weight excluding hydrogens is 332 g/mol. The number of aromatic amines is 1. The maximum atomic E-state index is 11.4. The fraction of sp³-hybridized carbons (Fsp3) is 0.250. The van der Waals surface area contributed by atoms with E-state index in [1.165, 1.54) is 10.3 Å². The molecule has 0 aliphatic carbocycles. The third-order valence-corrected chi connectivity index (χ3v) is 5.69. The van der Waals surface area contributed by atoms with E-state index in [0.717, 1.165) is 22.5 Å². The van der Waals surface area contributed by atoms with Crippen LogP contribution in [0.5, 0.6) is 0 Å². The number of H-pyrrole nitrogens is 1. The van der Waals surface area contributed by atoms with Crippen LogP contribution < -0.4 is 4.90 Å². The SMILES string of the molecule is CSc1ccc(N2CC(C)(C(=O)O)C2)c(-c2cc3ccccc3[nH]2)c1.